The van der Waals surface area contributed by atoms with Crippen LogP contribution in [0, 0.1) is 5.82 Å². The molecule has 9 heteroatoms. The zero-order valence-electron chi connectivity index (χ0n) is 18.5. The van der Waals surface area contributed by atoms with Crippen LogP contribution in [-0.2, 0) is 22.6 Å². The van der Waals surface area contributed by atoms with Gasteiger partial charge in [-0.25, -0.2) is 14.4 Å². The zero-order valence-corrected chi connectivity index (χ0v) is 18.5. The van der Waals surface area contributed by atoms with Gasteiger partial charge >= 0.3 is 0 Å². The molecule has 1 atom stereocenters. The molecule has 4 rings (SSSR count). The van der Waals surface area contributed by atoms with Gasteiger partial charge in [0.15, 0.2) is 0 Å². The summed E-state index contributed by atoms with van der Waals surface area (Å²) in [6.45, 7) is 4.44. The van der Waals surface area contributed by atoms with Gasteiger partial charge in [0.25, 0.3) is 0 Å². The first-order valence-electron chi connectivity index (χ1n) is 11.0. The highest BCUT2D eigenvalue weighted by molar-refractivity contribution is 5.92. The van der Waals surface area contributed by atoms with Crippen LogP contribution in [0.3, 0.4) is 0 Å². The van der Waals surface area contributed by atoms with E-state index in [0.29, 0.717) is 26.1 Å². The van der Waals surface area contributed by atoms with Gasteiger partial charge in [-0.2, -0.15) is 0 Å². The van der Waals surface area contributed by atoms with Gasteiger partial charge in [0.1, 0.15) is 17.5 Å². The number of fused-ring (bicyclic) bond motifs is 1. The van der Waals surface area contributed by atoms with Gasteiger partial charge in [-0.1, -0.05) is 12.1 Å². The summed E-state index contributed by atoms with van der Waals surface area (Å²) in [5, 5.41) is 5.82. The van der Waals surface area contributed by atoms with Crippen LogP contribution in [0.25, 0.3) is 0 Å². The highest BCUT2D eigenvalue weighted by Gasteiger charge is 2.29. The Hall–Kier alpha value is -3.07. The number of carbonyl (C=O) groups is 2. The van der Waals surface area contributed by atoms with Gasteiger partial charge in [0, 0.05) is 45.0 Å². The van der Waals surface area contributed by atoms with Crippen molar-refractivity contribution >= 4 is 23.3 Å². The van der Waals surface area contributed by atoms with Gasteiger partial charge < -0.3 is 15.5 Å². The SMILES string of the molecule is CNc1nc(C2CCCN(CC(=O)Nc3ccccc3F)C2)nc2c1CN(C(C)=O)CC2. The van der Waals surface area contributed by atoms with Crippen molar-refractivity contribution < 1.29 is 14.0 Å². The smallest absolute Gasteiger partial charge is 0.238 e. The van der Waals surface area contributed by atoms with E-state index in [1.54, 1.807) is 25.1 Å². The van der Waals surface area contributed by atoms with E-state index in [4.69, 9.17) is 9.97 Å². The first kappa shape index (κ1) is 22.1. The molecule has 0 aliphatic carbocycles. The average Bonchev–Trinajstić information content (AvgIpc) is 2.79. The highest BCUT2D eigenvalue weighted by atomic mass is 19.1. The molecule has 3 heterocycles. The molecular weight excluding hydrogens is 411 g/mol. The fraction of sp³-hybridized carbons (Fsp3) is 0.478. The first-order chi connectivity index (χ1) is 15.4. The van der Waals surface area contributed by atoms with E-state index in [-0.39, 0.29) is 30.0 Å². The van der Waals surface area contributed by atoms with Crippen LogP contribution < -0.4 is 10.6 Å². The fourth-order valence-electron chi connectivity index (χ4n) is 4.46. The largest absolute Gasteiger partial charge is 0.373 e. The monoisotopic (exact) mass is 440 g/mol. The number of aromatic nitrogens is 2. The molecule has 1 unspecified atom stereocenters. The van der Waals surface area contributed by atoms with Gasteiger partial charge in [0.2, 0.25) is 11.8 Å². The fourth-order valence-corrected chi connectivity index (χ4v) is 4.46. The average molecular weight is 441 g/mol. The third kappa shape index (κ3) is 4.88. The lowest BCUT2D eigenvalue weighted by molar-refractivity contribution is -0.129. The number of amides is 2. The van der Waals surface area contributed by atoms with E-state index in [1.165, 1.54) is 6.07 Å². The number of nitrogens with zero attached hydrogens (tertiary/aromatic N) is 4. The summed E-state index contributed by atoms with van der Waals surface area (Å²) in [6, 6.07) is 6.17. The molecule has 0 radical (unpaired) electrons. The summed E-state index contributed by atoms with van der Waals surface area (Å²) in [5.41, 5.74) is 2.17. The Balaban J connectivity index is 1.45. The Labute approximate surface area is 187 Å². The molecule has 170 valence electrons. The minimum atomic E-state index is -0.442. The van der Waals surface area contributed by atoms with Crippen molar-refractivity contribution in [1.82, 2.24) is 19.8 Å². The van der Waals surface area contributed by atoms with E-state index >= 15 is 0 Å². The van der Waals surface area contributed by atoms with Crippen molar-refractivity contribution in [2.24, 2.45) is 0 Å². The van der Waals surface area contributed by atoms with E-state index < -0.39 is 5.82 Å². The van der Waals surface area contributed by atoms with Gasteiger partial charge in [-0.3, -0.25) is 14.5 Å². The van der Waals surface area contributed by atoms with Crippen LogP contribution in [0.1, 0.15) is 42.8 Å². The van der Waals surface area contributed by atoms with Crippen LogP contribution in [0.2, 0.25) is 0 Å². The van der Waals surface area contributed by atoms with Gasteiger partial charge in [0.05, 0.1) is 24.5 Å². The molecule has 1 aromatic heterocycles. The van der Waals surface area contributed by atoms with Crippen LogP contribution in [0.5, 0.6) is 0 Å². The lowest BCUT2D eigenvalue weighted by Gasteiger charge is -2.33. The van der Waals surface area contributed by atoms with Crippen LogP contribution in [0.15, 0.2) is 24.3 Å². The van der Waals surface area contributed by atoms with Crippen molar-refractivity contribution in [2.75, 3.05) is 43.9 Å². The number of carbonyl (C=O) groups excluding carboxylic acids is 2. The van der Waals surface area contributed by atoms with Crippen LogP contribution >= 0.6 is 0 Å². The molecule has 0 saturated carbocycles. The third-order valence-electron chi connectivity index (χ3n) is 6.15. The zero-order chi connectivity index (χ0) is 22.7. The van der Waals surface area contributed by atoms with Crippen molar-refractivity contribution in [3.05, 3.63) is 47.2 Å². The summed E-state index contributed by atoms with van der Waals surface area (Å²) >= 11 is 0. The second-order valence-electron chi connectivity index (χ2n) is 8.40. The molecule has 2 aliphatic rings. The number of nitrogens with one attached hydrogen (secondary N) is 2. The molecular formula is C23H29FN6O2. The quantitative estimate of drug-likeness (QED) is 0.742. The van der Waals surface area contributed by atoms with Gasteiger partial charge in [-0.05, 0) is 31.5 Å². The molecule has 8 nitrogen and oxygen atoms in total. The number of halogens is 1. The van der Waals surface area contributed by atoms with E-state index in [1.807, 2.05) is 11.9 Å². The lowest BCUT2D eigenvalue weighted by Crippen LogP contribution is -2.40. The number of benzene rings is 1. The maximum absolute atomic E-state index is 13.8. The summed E-state index contributed by atoms with van der Waals surface area (Å²) in [4.78, 5) is 37.8. The van der Waals surface area contributed by atoms with Crippen molar-refractivity contribution in [3.8, 4) is 0 Å². The number of likely N-dealkylation sites (tertiary alicyclic amines) is 1. The summed E-state index contributed by atoms with van der Waals surface area (Å²) in [7, 11) is 1.83. The number of hydrogen-bond acceptors (Lipinski definition) is 6. The molecule has 2 N–H and O–H groups in total. The molecule has 0 bridgehead atoms. The first-order valence-corrected chi connectivity index (χ1v) is 11.0. The molecule has 1 aromatic carbocycles. The second-order valence-corrected chi connectivity index (χ2v) is 8.40. The van der Waals surface area contributed by atoms with Crippen molar-refractivity contribution in [2.45, 2.75) is 38.6 Å². The van der Waals surface area contributed by atoms with Crippen molar-refractivity contribution in [3.63, 3.8) is 0 Å². The molecule has 2 amide bonds. The maximum Gasteiger partial charge on any atom is 0.238 e. The summed E-state index contributed by atoms with van der Waals surface area (Å²) in [6.07, 6.45) is 2.60. The third-order valence-corrected chi connectivity index (χ3v) is 6.15. The summed E-state index contributed by atoms with van der Waals surface area (Å²) in [5.74, 6) is 1.05. The van der Waals surface area contributed by atoms with E-state index in [0.717, 1.165) is 42.3 Å². The van der Waals surface area contributed by atoms with E-state index in [9.17, 15) is 14.0 Å². The van der Waals surface area contributed by atoms with Crippen LogP contribution in [0.4, 0.5) is 15.9 Å². The van der Waals surface area contributed by atoms with Crippen LogP contribution in [-0.4, -0.2) is 64.8 Å². The Kier molecular flexibility index (Phi) is 6.64. The number of anilines is 2. The topological polar surface area (TPSA) is 90.5 Å². The van der Waals surface area contributed by atoms with E-state index in [2.05, 4.69) is 15.5 Å². The Bertz CT molecular complexity index is 997. The molecule has 2 aromatic rings. The molecule has 1 fully saturated rings. The number of piperidine rings is 1. The minimum absolute atomic E-state index is 0.0540. The number of para-hydroxylation sites is 1. The predicted octanol–water partition coefficient (Wildman–Crippen LogP) is 2.38. The standard InChI is InChI=1S/C23H29FN6O2/c1-15(31)30-11-9-19-17(13-30)23(25-2)28-22(27-19)16-6-5-10-29(12-16)14-21(32)26-20-8-4-3-7-18(20)24/h3-4,7-8,16H,5-6,9-14H2,1-2H3,(H,26,32)(H,25,27,28). The lowest BCUT2D eigenvalue weighted by atomic mass is 9.96. The normalized spacial score (nSPS) is 18.7. The predicted molar refractivity (Wildman–Crippen MR) is 120 cm³/mol. The minimum Gasteiger partial charge on any atom is -0.373 e. The molecule has 0 spiro atoms. The Morgan fingerprint density at radius 3 is 2.78 bits per heavy atom. The second kappa shape index (κ2) is 9.60. The number of rotatable bonds is 5. The molecule has 2 aliphatic heterocycles. The highest BCUT2D eigenvalue weighted by Crippen LogP contribution is 2.30. The Morgan fingerprint density at radius 1 is 1.22 bits per heavy atom. The van der Waals surface area contributed by atoms with Gasteiger partial charge in [-0.15, -0.1) is 0 Å². The Morgan fingerprint density at radius 2 is 2.03 bits per heavy atom. The molecule has 32 heavy (non-hydrogen) atoms. The maximum atomic E-state index is 13.8. The molecule has 1 saturated heterocycles. The number of hydrogen-bond donors (Lipinski definition) is 2. The van der Waals surface area contributed by atoms with Crippen molar-refractivity contribution in [1.29, 1.82) is 0 Å². The summed E-state index contributed by atoms with van der Waals surface area (Å²) < 4.78 is 13.8.